The Morgan fingerprint density at radius 2 is 2.00 bits per heavy atom. The summed E-state index contributed by atoms with van der Waals surface area (Å²) in [4.78, 5) is 12.0. The number of sulfonamides is 1. The molecule has 4 nitrogen and oxygen atoms in total. The quantitative estimate of drug-likeness (QED) is 0.902. The van der Waals surface area contributed by atoms with Gasteiger partial charge in [-0.15, -0.1) is 0 Å². The molecule has 108 valence electrons. The number of hydrogen-bond acceptors (Lipinski definition) is 3. The van der Waals surface area contributed by atoms with E-state index in [1.807, 2.05) is 31.2 Å². The lowest BCUT2D eigenvalue weighted by Gasteiger charge is -2.07. The van der Waals surface area contributed by atoms with Crippen LogP contribution in [0.2, 0.25) is 0 Å². The van der Waals surface area contributed by atoms with E-state index in [0.717, 1.165) is 30.4 Å². The van der Waals surface area contributed by atoms with Crippen molar-refractivity contribution >= 4 is 15.9 Å². The van der Waals surface area contributed by atoms with Crippen molar-refractivity contribution in [2.75, 3.05) is 5.75 Å². The summed E-state index contributed by atoms with van der Waals surface area (Å²) in [5.74, 6) is 0.00324. The summed E-state index contributed by atoms with van der Waals surface area (Å²) >= 11 is 0. The zero-order valence-corrected chi connectivity index (χ0v) is 12.3. The third kappa shape index (κ3) is 3.03. The molecule has 2 aliphatic carbocycles. The van der Waals surface area contributed by atoms with E-state index >= 15 is 0 Å². The van der Waals surface area contributed by atoms with Gasteiger partial charge in [-0.05, 0) is 49.1 Å². The number of hydrogen-bond donors (Lipinski definition) is 1. The van der Waals surface area contributed by atoms with Crippen molar-refractivity contribution in [3.63, 3.8) is 0 Å². The van der Waals surface area contributed by atoms with Crippen molar-refractivity contribution < 1.29 is 13.2 Å². The minimum Gasteiger partial charge on any atom is -0.274 e. The van der Waals surface area contributed by atoms with Crippen molar-refractivity contribution in [1.82, 2.24) is 4.72 Å². The summed E-state index contributed by atoms with van der Waals surface area (Å²) in [5, 5.41) is 0. The van der Waals surface area contributed by atoms with E-state index in [4.69, 9.17) is 0 Å². The predicted octanol–water partition coefficient (Wildman–Crippen LogP) is 1.95. The van der Waals surface area contributed by atoms with Gasteiger partial charge in [0, 0.05) is 5.92 Å². The second-order valence-corrected chi connectivity index (χ2v) is 7.76. The Balaban J connectivity index is 1.61. The van der Waals surface area contributed by atoms with Crippen LogP contribution in [0.4, 0.5) is 0 Å². The Labute approximate surface area is 119 Å². The van der Waals surface area contributed by atoms with Gasteiger partial charge in [-0.1, -0.05) is 24.3 Å². The van der Waals surface area contributed by atoms with Gasteiger partial charge in [0.1, 0.15) is 0 Å². The lowest BCUT2D eigenvalue weighted by Crippen LogP contribution is -2.34. The molecule has 5 heteroatoms. The SMILES string of the molecule is Cc1ccccc1[C@H]1C[C@@H]1C(=O)NS(=O)(=O)CC1CC1. The zero-order valence-electron chi connectivity index (χ0n) is 11.5. The zero-order chi connectivity index (χ0) is 14.3. The third-order valence-electron chi connectivity index (χ3n) is 4.12. The monoisotopic (exact) mass is 293 g/mol. The van der Waals surface area contributed by atoms with Gasteiger partial charge in [-0.3, -0.25) is 9.52 Å². The van der Waals surface area contributed by atoms with Crippen molar-refractivity contribution in [3.05, 3.63) is 35.4 Å². The second kappa shape index (κ2) is 4.88. The summed E-state index contributed by atoms with van der Waals surface area (Å²) in [6.45, 7) is 2.02. The fourth-order valence-electron chi connectivity index (χ4n) is 2.70. The lowest BCUT2D eigenvalue weighted by atomic mass is 10.0. The number of amides is 1. The van der Waals surface area contributed by atoms with E-state index in [1.54, 1.807) is 0 Å². The summed E-state index contributed by atoms with van der Waals surface area (Å²) in [6, 6.07) is 7.97. The van der Waals surface area contributed by atoms with E-state index in [-0.39, 0.29) is 29.4 Å². The normalized spacial score (nSPS) is 25.2. The molecule has 0 aliphatic heterocycles. The van der Waals surface area contributed by atoms with Gasteiger partial charge in [0.15, 0.2) is 0 Å². The molecule has 2 fully saturated rings. The maximum atomic E-state index is 12.0. The van der Waals surface area contributed by atoms with Gasteiger partial charge in [0.25, 0.3) is 0 Å². The van der Waals surface area contributed by atoms with Gasteiger partial charge in [0.05, 0.1) is 5.75 Å². The molecular formula is C15H19NO3S. The fraction of sp³-hybridized carbons (Fsp3) is 0.533. The summed E-state index contributed by atoms with van der Waals surface area (Å²) < 4.78 is 25.8. The van der Waals surface area contributed by atoms with Crippen LogP contribution in [-0.4, -0.2) is 20.1 Å². The molecule has 0 spiro atoms. The lowest BCUT2D eigenvalue weighted by molar-refractivity contribution is -0.120. The van der Waals surface area contributed by atoms with Crippen molar-refractivity contribution in [2.24, 2.45) is 11.8 Å². The molecule has 0 bridgehead atoms. The molecule has 2 aliphatic rings. The highest BCUT2D eigenvalue weighted by Crippen LogP contribution is 2.48. The first kappa shape index (κ1) is 13.6. The Bertz CT molecular complexity index is 634. The highest BCUT2D eigenvalue weighted by atomic mass is 32.2. The molecule has 0 saturated heterocycles. The smallest absolute Gasteiger partial charge is 0.237 e. The molecule has 2 saturated carbocycles. The van der Waals surface area contributed by atoms with Crippen LogP contribution in [0.3, 0.4) is 0 Å². The highest BCUT2D eigenvalue weighted by Gasteiger charge is 2.45. The second-order valence-electron chi connectivity index (χ2n) is 6.00. The summed E-state index contributed by atoms with van der Waals surface area (Å²) in [6.07, 6.45) is 2.67. The van der Waals surface area contributed by atoms with Crippen molar-refractivity contribution in [2.45, 2.75) is 32.1 Å². The average Bonchev–Trinajstić information content (AvgIpc) is 3.21. The maximum Gasteiger partial charge on any atom is 0.237 e. The molecule has 1 aromatic carbocycles. The van der Waals surface area contributed by atoms with Gasteiger partial charge in [-0.25, -0.2) is 8.42 Å². The van der Waals surface area contributed by atoms with Crippen LogP contribution >= 0.6 is 0 Å². The molecule has 2 atom stereocenters. The standard InChI is InChI=1S/C15H19NO3S/c1-10-4-2-3-5-12(10)13-8-14(13)15(17)16-20(18,19)9-11-6-7-11/h2-5,11,13-14H,6-9H2,1H3,(H,16,17)/t13-,14+/m1/s1. The first-order valence-corrected chi connectivity index (χ1v) is 8.71. The maximum absolute atomic E-state index is 12.0. The highest BCUT2D eigenvalue weighted by molar-refractivity contribution is 7.90. The van der Waals surface area contributed by atoms with E-state index in [9.17, 15) is 13.2 Å². The fourth-order valence-corrected chi connectivity index (χ4v) is 4.19. The minimum atomic E-state index is -3.44. The van der Waals surface area contributed by atoms with E-state index in [0.29, 0.717) is 0 Å². The largest absolute Gasteiger partial charge is 0.274 e. The molecular weight excluding hydrogens is 274 g/mol. The number of aryl methyl sites for hydroxylation is 1. The summed E-state index contributed by atoms with van der Waals surface area (Å²) in [5.41, 5.74) is 2.32. The van der Waals surface area contributed by atoms with Crippen molar-refractivity contribution in [1.29, 1.82) is 0 Å². The van der Waals surface area contributed by atoms with E-state index in [1.165, 1.54) is 0 Å². The van der Waals surface area contributed by atoms with Crippen LogP contribution in [0.25, 0.3) is 0 Å². The predicted molar refractivity (Wildman–Crippen MR) is 76.7 cm³/mol. The molecule has 0 heterocycles. The van der Waals surface area contributed by atoms with Crippen LogP contribution < -0.4 is 4.72 Å². The molecule has 1 aromatic rings. The topological polar surface area (TPSA) is 63.2 Å². The Kier molecular flexibility index (Phi) is 3.32. The van der Waals surface area contributed by atoms with Gasteiger partial charge < -0.3 is 0 Å². The number of nitrogens with one attached hydrogen (secondary N) is 1. The van der Waals surface area contributed by atoms with Crippen LogP contribution in [0.5, 0.6) is 0 Å². The van der Waals surface area contributed by atoms with E-state index in [2.05, 4.69) is 4.72 Å². The minimum absolute atomic E-state index is 0.0977. The Morgan fingerprint density at radius 1 is 1.30 bits per heavy atom. The first-order chi connectivity index (χ1) is 9.46. The summed E-state index contributed by atoms with van der Waals surface area (Å²) in [7, 11) is -3.44. The van der Waals surface area contributed by atoms with Crippen LogP contribution in [-0.2, 0) is 14.8 Å². The third-order valence-corrected chi connectivity index (χ3v) is 5.55. The number of benzene rings is 1. The van der Waals surface area contributed by atoms with Gasteiger partial charge in [-0.2, -0.15) is 0 Å². The number of rotatable bonds is 5. The van der Waals surface area contributed by atoms with Crippen LogP contribution in [0, 0.1) is 18.8 Å². The first-order valence-electron chi connectivity index (χ1n) is 7.06. The molecule has 1 N–H and O–H groups in total. The van der Waals surface area contributed by atoms with Gasteiger partial charge >= 0.3 is 0 Å². The van der Waals surface area contributed by atoms with Crippen LogP contribution in [0.1, 0.15) is 36.3 Å². The number of carbonyl (C=O) groups excluding carboxylic acids is 1. The molecule has 0 aromatic heterocycles. The van der Waals surface area contributed by atoms with Crippen LogP contribution in [0.15, 0.2) is 24.3 Å². The van der Waals surface area contributed by atoms with Crippen molar-refractivity contribution in [3.8, 4) is 0 Å². The molecule has 0 radical (unpaired) electrons. The number of carbonyl (C=O) groups is 1. The Hall–Kier alpha value is -1.36. The average molecular weight is 293 g/mol. The molecule has 0 unspecified atom stereocenters. The van der Waals surface area contributed by atoms with Gasteiger partial charge in [0.2, 0.25) is 15.9 Å². The molecule has 1 amide bonds. The molecule has 3 rings (SSSR count). The van der Waals surface area contributed by atoms with E-state index < -0.39 is 10.0 Å². The molecule has 20 heavy (non-hydrogen) atoms. The Morgan fingerprint density at radius 3 is 2.65 bits per heavy atom.